The average molecular weight is 350 g/mol. The van der Waals surface area contributed by atoms with Gasteiger partial charge in [-0.2, -0.15) is 0 Å². The molecule has 0 aliphatic carbocycles. The summed E-state index contributed by atoms with van der Waals surface area (Å²) in [5.74, 6) is -0.305. The van der Waals surface area contributed by atoms with E-state index in [4.69, 9.17) is 0 Å². The molecular formula is C22H23FN2O. The van der Waals surface area contributed by atoms with Crippen molar-refractivity contribution >= 4 is 16.7 Å². The van der Waals surface area contributed by atoms with Crippen LogP contribution >= 0.6 is 0 Å². The van der Waals surface area contributed by atoms with E-state index in [1.807, 2.05) is 67.5 Å². The first-order valence-corrected chi connectivity index (χ1v) is 8.70. The smallest absolute Gasteiger partial charge is 0.224 e. The quantitative estimate of drug-likeness (QED) is 0.730. The van der Waals surface area contributed by atoms with Crippen molar-refractivity contribution in [1.82, 2.24) is 10.2 Å². The fraction of sp³-hybridized carbons (Fsp3) is 0.227. The molecule has 0 fully saturated rings. The summed E-state index contributed by atoms with van der Waals surface area (Å²) in [6.07, 6.45) is 0.324. The van der Waals surface area contributed by atoms with E-state index in [0.717, 1.165) is 21.9 Å². The number of nitrogens with zero attached hydrogens (tertiary/aromatic N) is 1. The van der Waals surface area contributed by atoms with Crippen molar-refractivity contribution in [3.63, 3.8) is 0 Å². The van der Waals surface area contributed by atoms with Gasteiger partial charge in [0.15, 0.2) is 0 Å². The third-order valence-corrected chi connectivity index (χ3v) is 4.58. The Balaban J connectivity index is 1.69. The maximum absolute atomic E-state index is 13.5. The van der Waals surface area contributed by atoms with Crippen LogP contribution in [0.1, 0.15) is 17.2 Å². The lowest BCUT2D eigenvalue weighted by Gasteiger charge is -2.25. The van der Waals surface area contributed by atoms with Crippen molar-refractivity contribution in [3.05, 3.63) is 83.7 Å². The van der Waals surface area contributed by atoms with Gasteiger partial charge in [0.2, 0.25) is 5.91 Å². The second-order valence-electron chi connectivity index (χ2n) is 6.65. The Kier molecular flexibility index (Phi) is 5.64. The van der Waals surface area contributed by atoms with E-state index in [9.17, 15) is 9.18 Å². The van der Waals surface area contributed by atoms with Crippen LogP contribution < -0.4 is 5.32 Å². The molecule has 0 bridgehead atoms. The van der Waals surface area contributed by atoms with Crippen molar-refractivity contribution in [2.75, 3.05) is 20.6 Å². The Hall–Kier alpha value is -2.72. The Morgan fingerprint density at radius 3 is 2.54 bits per heavy atom. The Labute approximate surface area is 153 Å². The zero-order chi connectivity index (χ0) is 18.5. The van der Waals surface area contributed by atoms with Crippen LogP contribution in [0, 0.1) is 5.82 Å². The molecule has 134 valence electrons. The molecule has 3 rings (SSSR count). The molecule has 0 heterocycles. The van der Waals surface area contributed by atoms with Gasteiger partial charge < -0.3 is 10.2 Å². The molecule has 0 spiro atoms. The maximum Gasteiger partial charge on any atom is 0.224 e. The molecule has 26 heavy (non-hydrogen) atoms. The highest BCUT2D eigenvalue weighted by atomic mass is 19.1. The molecule has 0 radical (unpaired) electrons. The van der Waals surface area contributed by atoms with Gasteiger partial charge in [-0.3, -0.25) is 4.79 Å². The highest BCUT2D eigenvalue weighted by Gasteiger charge is 2.16. The predicted octanol–water partition coefficient (Wildman–Crippen LogP) is 3.94. The van der Waals surface area contributed by atoms with Gasteiger partial charge in [-0.25, -0.2) is 4.39 Å². The Morgan fingerprint density at radius 2 is 1.77 bits per heavy atom. The number of amides is 1. The number of halogens is 1. The number of hydrogen-bond donors (Lipinski definition) is 1. The zero-order valence-corrected chi connectivity index (χ0v) is 15.1. The van der Waals surface area contributed by atoms with Crippen LogP contribution in [-0.4, -0.2) is 31.4 Å². The standard InChI is InChI=1S/C22H23FN2O/c1-25(2)21(18-10-6-11-19(23)13-18)15-24-22(26)14-17-9-5-8-16-7-3-4-12-20(16)17/h3-13,21H,14-15H2,1-2H3,(H,24,26). The number of hydrogen-bond acceptors (Lipinski definition) is 2. The van der Waals surface area contributed by atoms with Gasteiger partial charge in [-0.1, -0.05) is 54.6 Å². The molecule has 1 atom stereocenters. The fourth-order valence-electron chi connectivity index (χ4n) is 3.21. The normalized spacial score (nSPS) is 12.3. The van der Waals surface area contributed by atoms with E-state index >= 15 is 0 Å². The monoisotopic (exact) mass is 350 g/mol. The van der Waals surface area contributed by atoms with E-state index in [2.05, 4.69) is 5.32 Å². The second-order valence-corrected chi connectivity index (χ2v) is 6.65. The van der Waals surface area contributed by atoms with Gasteiger partial charge in [-0.05, 0) is 48.1 Å². The molecule has 3 aromatic rings. The molecule has 0 aliphatic heterocycles. The summed E-state index contributed by atoms with van der Waals surface area (Å²) < 4.78 is 13.5. The minimum atomic E-state index is -0.267. The molecule has 0 saturated carbocycles. The molecule has 0 aliphatic rings. The van der Waals surface area contributed by atoms with Crippen LogP contribution in [0.25, 0.3) is 10.8 Å². The minimum absolute atomic E-state index is 0.0374. The van der Waals surface area contributed by atoms with Crippen LogP contribution in [0.5, 0.6) is 0 Å². The lowest BCUT2D eigenvalue weighted by atomic mass is 10.0. The van der Waals surface area contributed by atoms with Gasteiger partial charge in [0.1, 0.15) is 5.82 Å². The first kappa shape index (κ1) is 18.1. The summed E-state index contributed by atoms with van der Waals surface area (Å²) in [4.78, 5) is 14.5. The minimum Gasteiger partial charge on any atom is -0.354 e. The fourth-order valence-corrected chi connectivity index (χ4v) is 3.21. The molecule has 0 aromatic heterocycles. The summed E-state index contributed by atoms with van der Waals surface area (Å²) in [6, 6.07) is 20.5. The predicted molar refractivity (Wildman–Crippen MR) is 103 cm³/mol. The van der Waals surface area contributed by atoms with Crippen LogP contribution in [-0.2, 0) is 11.2 Å². The number of carbonyl (C=O) groups is 1. The van der Waals surface area contributed by atoms with Crippen molar-refractivity contribution in [2.45, 2.75) is 12.5 Å². The Morgan fingerprint density at radius 1 is 1.04 bits per heavy atom. The molecule has 1 unspecified atom stereocenters. The van der Waals surface area contributed by atoms with Gasteiger partial charge in [0.25, 0.3) is 0 Å². The molecule has 1 N–H and O–H groups in total. The van der Waals surface area contributed by atoms with Crippen LogP contribution in [0.4, 0.5) is 4.39 Å². The lowest BCUT2D eigenvalue weighted by Crippen LogP contribution is -2.35. The molecule has 4 heteroatoms. The highest BCUT2D eigenvalue weighted by molar-refractivity contribution is 5.90. The molecular weight excluding hydrogens is 327 g/mol. The average Bonchev–Trinajstić information content (AvgIpc) is 2.62. The van der Waals surface area contributed by atoms with Crippen LogP contribution in [0.15, 0.2) is 66.7 Å². The maximum atomic E-state index is 13.5. The van der Waals surface area contributed by atoms with Gasteiger partial charge >= 0.3 is 0 Å². The summed E-state index contributed by atoms with van der Waals surface area (Å²) in [7, 11) is 3.85. The number of carbonyl (C=O) groups excluding carboxylic acids is 1. The lowest BCUT2D eigenvalue weighted by molar-refractivity contribution is -0.120. The first-order valence-electron chi connectivity index (χ1n) is 8.70. The van der Waals surface area contributed by atoms with Crippen LogP contribution in [0.2, 0.25) is 0 Å². The van der Waals surface area contributed by atoms with Gasteiger partial charge in [0.05, 0.1) is 12.5 Å². The van der Waals surface area contributed by atoms with Crippen molar-refractivity contribution < 1.29 is 9.18 Å². The van der Waals surface area contributed by atoms with Crippen molar-refractivity contribution in [3.8, 4) is 0 Å². The molecule has 1 amide bonds. The van der Waals surface area contributed by atoms with E-state index < -0.39 is 0 Å². The summed E-state index contributed by atoms with van der Waals surface area (Å²) in [5.41, 5.74) is 1.85. The number of benzene rings is 3. The number of likely N-dealkylation sites (N-methyl/N-ethyl adjacent to an activating group) is 1. The molecule has 0 saturated heterocycles. The van der Waals surface area contributed by atoms with Gasteiger partial charge in [-0.15, -0.1) is 0 Å². The summed E-state index contributed by atoms with van der Waals surface area (Å²) in [6.45, 7) is 0.431. The van der Waals surface area contributed by atoms with E-state index in [1.165, 1.54) is 12.1 Å². The van der Waals surface area contributed by atoms with Crippen LogP contribution in [0.3, 0.4) is 0 Å². The number of nitrogens with one attached hydrogen (secondary N) is 1. The summed E-state index contributed by atoms with van der Waals surface area (Å²) >= 11 is 0. The van der Waals surface area contributed by atoms with Gasteiger partial charge in [0, 0.05) is 6.54 Å². The third-order valence-electron chi connectivity index (χ3n) is 4.58. The largest absolute Gasteiger partial charge is 0.354 e. The second kappa shape index (κ2) is 8.11. The molecule has 3 aromatic carbocycles. The highest BCUT2D eigenvalue weighted by Crippen LogP contribution is 2.20. The topological polar surface area (TPSA) is 32.3 Å². The SMILES string of the molecule is CN(C)C(CNC(=O)Cc1cccc2ccccc12)c1cccc(F)c1. The molecule has 3 nitrogen and oxygen atoms in total. The van der Waals surface area contributed by atoms with E-state index in [0.29, 0.717) is 13.0 Å². The van der Waals surface area contributed by atoms with E-state index in [-0.39, 0.29) is 17.8 Å². The number of rotatable bonds is 6. The zero-order valence-electron chi connectivity index (χ0n) is 15.1. The van der Waals surface area contributed by atoms with Crippen molar-refractivity contribution in [2.24, 2.45) is 0 Å². The first-order chi connectivity index (χ1) is 12.5. The van der Waals surface area contributed by atoms with Crippen molar-refractivity contribution in [1.29, 1.82) is 0 Å². The third kappa shape index (κ3) is 4.27. The van der Waals surface area contributed by atoms with E-state index in [1.54, 1.807) is 6.07 Å². The number of fused-ring (bicyclic) bond motifs is 1. The summed E-state index contributed by atoms with van der Waals surface area (Å²) in [5, 5.41) is 5.22. The Bertz CT molecular complexity index is 902.